The van der Waals surface area contributed by atoms with Crippen molar-refractivity contribution in [1.29, 1.82) is 0 Å². The van der Waals surface area contributed by atoms with Gasteiger partial charge in [-0.15, -0.1) is 0 Å². The van der Waals surface area contributed by atoms with Gasteiger partial charge in [-0.1, -0.05) is 0 Å². The lowest BCUT2D eigenvalue weighted by Gasteiger charge is -2.04. The number of esters is 1. The Balaban J connectivity index is 1.66. The van der Waals surface area contributed by atoms with Gasteiger partial charge in [0.1, 0.15) is 5.75 Å². The summed E-state index contributed by atoms with van der Waals surface area (Å²) in [6, 6.07) is 6.89. The van der Waals surface area contributed by atoms with E-state index in [2.05, 4.69) is 9.97 Å². The Morgan fingerprint density at radius 3 is 2.45 bits per heavy atom. The summed E-state index contributed by atoms with van der Waals surface area (Å²) in [5.74, 6) is 0.609. The van der Waals surface area contributed by atoms with E-state index in [9.17, 15) is 9.18 Å². The van der Waals surface area contributed by atoms with Crippen LogP contribution in [0, 0.1) is 0 Å². The molecule has 1 aliphatic heterocycles. The largest absolute Gasteiger partial charge is 0.425 e. The predicted molar refractivity (Wildman–Crippen MR) is 77.1 cm³/mol. The Bertz CT molecular complexity index is 658. The molecule has 5 nitrogen and oxygen atoms in total. The Kier molecular flexibility index (Phi) is 4.11. The van der Waals surface area contributed by atoms with Crippen LogP contribution < -0.4 is 4.74 Å². The molecule has 0 radical (unpaired) electrons. The predicted octanol–water partition coefficient (Wildman–Crippen LogP) is 2.35. The van der Waals surface area contributed by atoms with Crippen molar-refractivity contribution in [2.45, 2.75) is 25.6 Å². The first-order valence-electron chi connectivity index (χ1n) is 7.02. The standard InChI is InChI=1S/C16H15FN2O3/c1-10-14(21-10)16(20)22-13-4-2-12(3-5-13)15-18-8-11(6-7-17)9-19-15/h2-5,8-10,14H,6-7H2,1H3/t10-,14-/m1/s1. The van der Waals surface area contributed by atoms with E-state index in [-0.39, 0.29) is 12.1 Å². The third kappa shape index (κ3) is 3.28. The highest BCUT2D eigenvalue weighted by Crippen LogP contribution is 2.25. The summed E-state index contributed by atoms with van der Waals surface area (Å²) in [5.41, 5.74) is 1.55. The van der Waals surface area contributed by atoms with Gasteiger partial charge in [0.05, 0.1) is 12.8 Å². The molecule has 1 aromatic carbocycles. The van der Waals surface area contributed by atoms with Gasteiger partial charge in [-0.2, -0.15) is 0 Å². The minimum Gasteiger partial charge on any atom is -0.425 e. The maximum Gasteiger partial charge on any atom is 0.343 e. The first kappa shape index (κ1) is 14.6. The summed E-state index contributed by atoms with van der Waals surface area (Å²) in [5, 5.41) is 0. The SMILES string of the molecule is C[C@H]1O[C@H]1C(=O)Oc1ccc(-c2ncc(CCF)cn2)cc1. The monoisotopic (exact) mass is 302 g/mol. The summed E-state index contributed by atoms with van der Waals surface area (Å²) < 4.78 is 22.5. The molecule has 0 bridgehead atoms. The summed E-state index contributed by atoms with van der Waals surface area (Å²) in [4.78, 5) is 20.0. The van der Waals surface area contributed by atoms with E-state index in [4.69, 9.17) is 9.47 Å². The number of carbonyl (C=O) groups excluding carboxylic acids is 1. The molecule has 0 amide bonds. The molecule has 22 heavy (non-hydrogen) atoms. The van der Waals surface area contributed by atoms with E-state index in [1.807, 2.05) is 6.92 Å². The lowest BCUT2D eigenvalue weighted by atomic mass is 10.2. The number of hydrogen-bond acceptors (Lipinski definition) is 5. The quantitative estimate of drug-likeness (QED) is 0.482. The van der Waals surface area contributed by atoms with Crippen molar-refractivity contribution in [3.05, 3.63) is 42.2 Å². The van der Waals surface area contributed by atoms with Crippen LogP contribution in [0.2, 0.25) is 0 Å². The molecule has 0 aliphatic carbocycles. The second-order valence-electron chi connectivity index (χ2n) is 5.06. The van der Waals surface area contributed by atoms with Gasteiger partial charge in [0.2, 0.25) is 0 Å². The third-order valence-corrected chi connectivity index (χ3v) is 3.36. The molecule has 0 N–H and O–H groups in total. The van der Waals surface area contributed by atoms with Gasteiger partial charge in [0.25, 0.3) is 0 Å². The fourth-order valence-corrected chi connectivity index (χ4v) is 2.02. The maximum atomic E-state index is 12.2. The molecule has 2 atom stereocenters. The normalized spacial score (nSPS) is 19.7. The van der Waals surface area contributed by atoms with Crippen LogP contribution in [0.1, 0.15) is 12.5 Å². The van der Waals surface area contributed by atoms with E-state index in [1.165, 1.54) is 0 Å². The van der Waals surface area contributed by atoms with Crippen molar-refractivity contribution in [1.82, 2.24) is 9.97 Å². The highest BCUT2D eigenvalue weighted by Gasteiger charge is 2.42. The fourth-order valence-electron chi connectivity index (χ4n) is 2.02. The van der Waals surface area contributed by atoms with Crippen molar-refractivity contribution >= 4 is 5.97 Å². The minimum atomic E-state index is -0.453. The van der Waals surface area contributed by atoms with Crippen LogP contribution in [0.15, 0.2) is 36.7 Å². The molecule has 0 unspecified atom stereocenters. The molecule has 1 aromatic heterocycles. The zero-order chi connectivity index (χ0) is 15.5. The summed E-state index contributed by atoms with van der Waals surface area (Å²) in [6.07, 6.45) is 3.02. The average molecular weight is 302 g/mol. The molecule has 114 valence electrons. The second-order valence-corrected chi connectivity index (χ2v) is 5.06. The summed E-state index contributed by atoms with van der Waals surface area (Å²) >= 11 is 0. The van der Waals surface area contributed by atoms with Gasteiger partial charge in [-0.25, -0.2) is 14.8 Å². The van der Waals surface area contributed by atoms with Gasteiger partial charge in [0.15, 0.2) is 11.9 Å². The van der Waals surface area contributed by atoms with Crippen LogP contribution in [0.5, 0.6) is 5.75 Å². The van der Waals surface area contributed by atoms with Crippen LogP contribution in [-0.2, 0) is 16.0 Å². The molecule has 1 fully saturated rings. The van der Waals surface area contributed by atoms with Crippen LogP contribution in [0.25, 0.3) is 11.4 Å². The molecule has 0 spiro atoms. The Morgan fingerprint density at radius 2 is 1.91 bits per heavy atom. The van der Waals surface area contributed by atoms with Gasteiger partial charge in [-0.3, -0.25) is 4.39 Å². The van der Waals surface area contributed by atoms with Crippen molar-refractivity contribution < 1.29 is 18.7 Å². The molecule has 0 saturated carbocycles. The number of hydrogen-bond donors (Lipinski definition) is 0. The molecule has 3 rings (SSSR count). The van der Waals surface area contributed by atoms with Crippen LogP contribution >= 0.6 is 0 Å². The molecule has 1 saturated heterocycles. The Labute approximate surface area is 127 Å². The van der Waals surface area contributed by atoms with E-state index < -0.39 is 12.8 Å². The molecule has 2 aromatic rings. The third-order valence-electron chi connectivity index (χ3n) is 3.36. The number of carbonyl (C=O) groups is 1. The van der Waals surface area contributed by atoms with Crippen LogP contribution in [0.3, 0.4) is 0 Å². The van der Waals surface area contributed by atoms with Gasteiger partial charge in [0, 0.05) is 24.4 Å². The lowest BCUT2D eigenvalue weighted by molar-refractivity contribution is -0.135. The zero-order valence-corrected chi connectivity index (χ0v) is 12.0. The number of epoxide rings is 1. The van der Waals surface area contributed by atoms with Crippen molar-refractivity contribution in [2.24, 2.45) is 0 Å². The number of aryl methyl sites for hydroxylation is 1. The molecule has 1 aliphatic rings. The average Bonchev–Trinajstić information content (AvgIpc) is 3.26. The molecular formula is C16H15FN2O3. The number of nitrogens with zero attached hydrogens (tertiary/aromatic N) is 2. The van der Waals surface area contributed by atoms with E-state index in [0.717, 1.165) is 11.1 Å². The molecule has 2 heterocycles. The van der Waals surface area contributed by atoms with Crippen molar-refractivity contribution in [3.63, 3.8) is 0 Å². The molecule has 6 heteroatoms. The van der Waals surface area contributed by atoms with Gasteiger partial charge < -0.3 is 9.47 Å². The van der Waals surface area contributed by atoms with Crippen LogP contribution in [-0.4, -0.2) is 34.8 Å². The first-order chi connectivity index (χ1) is 10.7. The maximum absolute atomic E-state index is 12.2. The van der Waals surface area contributed by atoms with E-state index >= 15 is 0 Å². The first-order valence-corrected chi connectivity index (χ1v) is 7.02. The molecular weight excluding hydrogens is 287 g/mol. The fraction of sp³-hybridized carbons (Fsp3) is 0.312. The van der Waals surface area contributed by atoms with E-state index in [1.54, 1.807) is 36.7 Å². The van der Waals surface area contributed by atoms with Crippen LogP contribution in [0.4, 0.5) is 4.39 Å². The number of halogens is 1. The second kappa shape index (κ2) is 6.19. The number of alkyl halides is 1. The van der Waals surface area contributed by atoms with E-state index in [0.29, 0.717) is 18.0 Å². The van der Waals surface area contributed by atoms with Gasteiger partial charge >= 0.3 is 5.97 Å². The highest BCUT2D eigenvalue weighted by atomic mass is 19.1. The Hall–Kier alpha value is -2.34. The highest BCUT2D eigenvalue weighted by molar-refractivity contribution is 5.80. The van der Waals surface area contributed by atoms with Crippen molar-refractivity contribution in [2.75, 3.05) is 6.67 Å². The van der Waals surface area contributed by atoms with Gasteiger partial charge in [-0.05, 0) is 36.8 Å². The number of benzene rings is 1. The lowest BCUT2D eigenvalue weighted by Crippen LogP contribution is -2.16. The number of ether oxygens (including phenoxy) is 2. The number of aromatic nitrogens is 2. The minimum absolute atomic E-state index is 0.0667. The number of rotatable bonds is 5. The summed E-state index contributed by atoms with van der Waals surface area (Å²) in [7, 11) is 0. The zero-order valence-electron chi connectivity index (χ0n) is 12.0. The van der Waals surface area contributed by atoms with Crippen molar-refractivity contribution in [3.8, 4) is 17.1 Å². The topological polar surface area (TPSA) is 64.6 Å². The summed E-state index contributed by atoms with van der Waals surface area (Å²) in [6.45, 7) is 1.39. The smallest absolute Gasteiger partial charge is 0.343 e. The Morgan fingerprint density at radius 1 is 1.27 bits per heavy atom.